The van der Waals surface area contributed by atoms with Gasteiger partial charge in [-0.05, 0) is 77.0 Å². The van der Waals surface area contributed by atoms with E-state index in [1.165, 1.54) is 12.8 Å². The summed E-state index contributed by atoms with van der Waals surface area (Å²) in [7, 11) is 0. The molecule has 0 rings (SSSR count). The number of hydrogen-bond acceptors (Lipinski definition) is 6. The summed E-state index contributed by atoms with van der Waals surface area (Å²) >= 11 is 0. The van der Waals surface area contributed by atoms with E-state index in [1.807, 2.05) is 30.4 Å². The third-order valence-corrected chi connectivity index (χ3v) is 8.96. The van der Waals surface area contributed by atoms with Crippen molar-refractivity contribution in [3.8, 4) is 0 Å². The second-order valence-electron chi connectivity index (χ2n) is 14.3. The molecule has 1 unspecified atom stereocenters. The molecule has 0 aliphatic rings. The lowest BCUT2D eigenvalue weighted by Gasteiger charge is -2.18. The predicted octanol–water partition coefficient (Wildman–Crippen LogP) is 14.2. The highest BCUT2D eigenvalue weighted by atomic mass is 16.6. The van der Waals surface area contributed by atoms with Crippen LogP contribution in [0.1, 0.15) is 181 Å². The topological polar surface area (TPSA) is 78.9 Å². The zero-order chi connectivity index (χ0) is 40.8. The second kappa shape index (κ2) is 44.0. The maximum atomic E-state index is 12.7. The van der Waals surface area contributed by atoms with E-state index >= 15 is 0 Å². The molecule has 0 radical (unpaired) electrons. The zero-order valence-corrected chi connectivity index (χ0v) is 35.9. The summed E-state index contributed by atoms with van der Waals surface area (Å²) in [4.78, 5) is 37.7. The van der Waals surface area contributed by atoms with Crippen molar-refractivity contribution in [3.63, 3.8) is 0 Å². The minimum absolute atomic E-state index is 0.102. The normalized spacial score (nSPS) is 13.0. The van der Waals surface area contributed by atoms with Gasteiger partial charge in [0, 0.05) is 19.3 Å². The number of ether oxygens (including phenoxy) is 3. The summed E-state index contributed by atoms with van der Waals surface area (Å²) < 4.78 is 16.6. The van der Waals surface area contributed by atoms with Crippen molar-refractivity contribution in [1.29, 1.82) is 0 Å². The van der Waals surface area contributed by atoms with Crippen LogP contribution in [-0.2, 0) is 28.6 Å². The predicted molar refractivity (Wildman–Crippen MR) is 237 cm³/mol. The molecule has 316 valence electrons. The standard InChI is InChI=1S/C50H80O6/c1-4-7-10-13-16-19-22-24-25-27-28-31-34-37-40-43-49(52)55-46-47(45-54-48(51)42-39-36-33-30-21-18-15-12-9-6-3)56-50(53)44-41-38-35-32-29-26-23-20-17-14-11-8-5-2/h7-8,10-11,13-20,22-25,47H,4-6,9,12,21,26-46H2,1-3H3/b10-7-,11-8-,16-13-,17-14-,18-15-,22-19-,23-20-,25-24-. The molecule has 6 nitrogen and oxygen atoms in total. The largest absolute Gasteiger partial charge is 0.462 e. The van der Waals surface area contributed by atoms with Crippen molar-refractivity contribution in [3.05, 3.63) is 97.2 Å². The molecule has 0 aromatic rings. The van der Waals surface area contributed by atoms with Gasteiger partial charge in [0.25, 0.3) is 0 Å². The quantitative estimate of drug-likeness (QED) is 0.0204. The van der Waals surface area contributed by atoms with Gasteiger partial charge in [-0.3, -0.25) is 14.4 Å². The smallest absolute Gasteiger partial charge is 0.306 e. The molecular formula is C50H80O6. The third-order valence-electron chi connectivity index (χ3n) is 8.96. The van der Waals surface area contributed by atoms with E-state index < -0.39 is 6.10 Å². The van der Waals surface area contributed by atoms with Gasteiger partial charge in [-0.15, -0.1) is 0 Å². The minimum Gasteiger partial charge on any atom is -0.462 e. The first kappa shape index (κ1) is 52.3. The summed E-state index contributed by atoms with van der Waals surface area (Å²) in [6.07, 6.45) is 56.7. The van der Waals surface area contributed by atoms with E-state index in [-0.39, 0.29) is 31.1 Å². The highest BCUT2D eigenvalue weighted by Crippen LogP contribution is 2.12. The van der Waals surface area contributed by atoms with Gasteiger partial charge in [-0.25, -0.2) is 0 Å². The molecule has 0 aromatic heterocycles. The van der Waals surface area contributed by atoms with E-state index in [4.69, 9.17) is 14.2 Å². The molecule has 0 amide bonds. The molecule has 0 N–H and O–H groups in total. The van der Waals surface area contributed by atoms with Gasteiger partial charge in [0.2, 0.25) is 0 Å². The molecule has 0 aliphatic heterocycles. The summed E-state index contributed by atoms with van der Waals surface area (Å²) in [5, 5.41) is 0. The van der Waals surface area contributed by atoms with Crippen LogP contribution < -0.4 is 0 Å². The summed E-state index contributed by atoms with van der Waals surface area (Å²) in [6, 6.07) is 0. The second-order valence-corrected chi connectivity index (χ2v) is 14.3. The fraction of sp³-hybridized carbons (Fsp3) is 0.620. The molecule has 56 heavy (non-hydrogen) atoms. The van der Waals surface area contributed by atoms with Crippen LogP contribution in [0.25, 0.3) is 0 Å². The van der Waals surface area contributed by atoms with E-state index in [0.717, 1.165) is 128 Å². The Morgan fingerprint density at radius 2 is 0.714 bits per heavy atom. The van der Waals surface area contributed by atoms with E-state index in [2.05, 4.69) is 87.6 Å². The van der Waals surface area contributed by atoms with Crippen molar-refractivity contribution in [2.75, 3.05) is 13.2 Å². The van der Waals surface area contributed by atoms with Crippen LogP contribution in [0.15, 0.2) is 97.2 Å². The van der Waals surface area contributed by atoms with Crippen LogP contribution in [0.4, 0.5) is 0 Å². The third kappa shape index (κ3) is 41.5. The molecule has 0 spiro atoms. The summed E-state index contributed by atoms with van der Waals surface area (Å²) in [6.45, 7) is 6.24. The summed E-state index contributed by atoms with van der Waals surface area (Å²) in [5.74, 6) is -0.971. The van der Waals surface area contributed by atoms with Crippen LogP contribution in [0.2, 0.25) is 0 Å². The Bertz CT molecular complexity index is 1170. The molecule has 6 heteroatoms. The van der Waals surface area contributed by atoms with E-state index in [1.54, 1.807) is 0 Å². The Balaban J connectivity index is 4.48. The van der Waals surface area contributed by atoms with Crippen LogP contribution in [0.5, 0.6) is 0 Å². The SMILES string of the molecule is CC\C=C/C=C\C=C/C=C\CCCCCCCC(=O)OCC(COC(=O)CCCCCC/C=C\CCCC)OC(=O)CCCCCCC\C=C/C=C\C=C/CC. The van der Waals surface area contributed by atoms with Gasteiger partial charge in [0.15, 0.2) is 6.10 Å². The lowest BCUT2D eigenvalue weighted by Crippen LogP contribution is -2.30. The number of carbonyl (C=O) groups excluding carboxylic acids is 3. The molecule has 0 heterocycles. The fourth-order valence-electron chi connectivity index (χ4n) is 5.61. The lowest BCUT2D eigenvalue weighted by atomic mass is 10.1. The number of allylic oxidation sites excluding steroid dienone is 16. The fourth-order valence-corrected chi connectivity index (χ4v) is 5.61. The number of unbranched alkanes of at least 4 members (excludes halogenated alkanes) is 16. The molecule has 0 saturated carbocycles. The van der Waals surface area contributed by atoms with Crippen molar-refractivity contribution in [2.45, 2.75) is 187 Å². The molecule has 0 aromatic carbocycles. The van der Waals surface area contributed by atoms with E-state index in [0.29, 0.717) is 19.3 Å². The lowest BCUT2D eigenvalue weighted by molar-refractivity contribution is -0.167. The van der Waals surface area contributed by atoms with Crippen LogP contribution in [-0.4, -0.2) is 37.2 Å². The Hall–Kier alpha value is -3.67. The van der Waals surface area contributed by atoms with Crippen molar-refractivity contribution in [2.24, 2.45) is 0 Å². The molecule has 0 aliphatic carbocycles. The molecule has 0 bridgehead atoms. The number of esters is 3. The van der Waals surface area contributed by atoms with Gasteiger partial charge in [0.1, 0.15) is 13.2 Å². The Morgan fingerprint density at radius 1 is 0.375 bits per heavy atom. The average Bonchev–Trinajstić information content (AvgIpc) is 3.19. The zero-order valence-electron chi connectivity index (χ0n) is 35.9. The maximum absolute atomic E-state index is 12.7. The van der Waals surface area contributed by atoms with Crippen molar-refractivity contribution < 1.29 is 28.6 Å². The molecule has 0 fully saturated rings. The highest BCUT2D eigenvalue weighted by molar-refractivity contribution is 5.71. The first-order valence-electron chi connectivity index (χ1n) is 22.3. The monoisotopic (exact) mass is 777 g/mol. The number of rotatable bonds is 38. The molecule has 1 atom stereocenters. The van der Waals surface area contributed by atoms with Gasteiger partial charge >= 0.3 is 17.9 Å². The molecular weight excluding hydrogens is 697 g/mol. The van der Waals surface area contributed by atoms with Gasteiger partial charge in [-0.1, -0.05) is 182 Å². The van der Waals surface area contributed by atoms with Gasteiger partial charge < -0.3 is 14.2 Å². The van der Waals surface area contributed by atoms with Crippen molar-refractivity contribution >= 4 is 17.9 Å². The van der Waals surface area contributed by atoms with Gasteiger partial charge in [-0.2, -0.15) is 0 Å². The number of hydrogen-bond donors (Lipinski definition) is 0. The first-order valence-corrected chi connectivity index (χ1v) is 22.3. The van der Waals surface area contributed by atoms with Crippen molar-refractivity contribution in [1.82, 2.24) is 0 Å². The number of carbonyl (C=O) groups is 3. The van der Waals surface area contributed by atoms with Crippen LogP contribution in [0.3, 0.4) is 0 Å². The first-order chi connectivity index (χ1) is 27.5. The average molecular weight is 777 g/mol. The van der Waals surface area contributed by atoms with Crippen LogP contribution in [0, 0.1) is 0 Å². The minimum atomic E-state index is -0.801. The highest BCUT2D eigenvalue weighted by Gasteiger charge is 2.19. The Kier molecular flexibility index (Phi) is 41.2. The Labute approximate surface area is 343 Å². The van der Waals surface area contributed by atoms with Crippen LogP contribution >= 0.6 is 0 Å². The van der Waals surface area contributed by atoms with E-state index in [9.17, 15) is 14.4 Å². The molecule has 0 saturated heterocycles. The Morgan fingerprint density at radius 3 is 1.14 bits per heavy atom. The maximum Gasteiger partial charge on any atom is 0.306 e. The van der Waals surface area contributed by atoms with Gasteiger partial charge in [0.05, 0.1) is 0 Å². The summed E-state index contributed by atoms with van der Waals surface area (Å²) in [5.41, 5.74) is 0.